The number of hydrogen-bond acceptors (Lipinski definition) is 3. The molecule has 0 aliphatic heterocycles. The highest BCUT2D eigenvalue weighted by atomic mass is 16.5. The molecule has 0 heterocycles. The molecule has 0 spiro atoms. The summed E-state index contributed by atoms with van der Waals surface area (Å²) >= 11 is 0. The summed E-state index contributed by atoms with van der Waals surface area (Å²) in [7, 11) is 1.33. The lowest BCUT2D eigenvalue weighted by Crippen LogP contribution is -2.22. The zero-order chi connectivity index (χ0) is 11.1. The van der Waals surface area contributed by atoms with Crippen LogP contribution in [0.25, 0.3) is 0 Å². The van der Waals surface area contributed by atoms with Crippen molar-refractivity contribution in [3.63, 3.8) is 0 Å². The van der Waals surface area contributed by atoms with Gasteiger partial charge in [-0.1, -0.05) is 24.3 Å². The highest BCUT2D eigenvalue weighted by Gasteiger charge is 1.98. The summed E-state index contributed by atoms with van der Waals surface area (Å²) in [6, 6.07) is 7.71. The van der Waals surface area contributed by atoms with Crippen LogP contribution in [0, 0.1) is 0 Å². The zero-order valence-electron chi connectivity index (χ0n) is 8.69. The minimum absolute atomic E-state index is 0.153. The molecule has 1 aromatic carbocycles. The normalized spacial score (nSPS) is 9.73. The molecular formula is C11H15NO3. The number of ether oxygens (including phenoxy) is 1. The van der Waals surface area contributed by atoms with Gasteiger partial charge in [0.1, 0.15) is 0 Å². The summed E-state index contributed by atoms with van der Waals surface area (Å²) in [5.41, 5.74) is 2.08. The van der Waals surface area contributed by atoms with Crippen molar-refractivity contribution in [2.45, 2.75) is 13.0 Å². The van der Waals surface area contributed by atoms with Gasteiger partial charge in [-0.15, -0.1) is 0 Å². The van der Waals surface area contributed by atoms with Crippen LogP contribution < -0.4 is 5.32 Å². The number of nitrogens with one attached hydrogen (secondary N) is 1. The average molecular weight is 209 g/mol. The van der Waals surface area contributed by atoms with Gasteiger partial charge < -0.3 is 15.2 Å². The lowest BCUT2D eigenvalue weighted by molar-refractivity contribution is 0.170. The molecule has 4 heteroatoms. The monoisotopic (exact) mass is 209 g/mol. The smallest absolute Gasteiger partial charge is 0.407 e. The topological polar surface area (TPSA) is 58.6 Å². The van der Waals surface area contributed by atoms with Gasteiger partial charge in [0.2, 0.25) is 0 Å². The van der Waals surface area contributed by atoms with Crippen molar-refractivity contribution in [2.24, 2.45) is 0 Å². The fraction of sp³-hybridized carbons (Fsp3) is 0.364. The lowest BCUT2D eigenvalue weighted by atomic mass is 10.1. The summed E-state index contributed by atoms with van der Waals surface area (Å²) in [5, 5.41) is 11.3. The van der Waals surface area contributed by atoms with Crippen LogP contribution in [0.1, 0.15) is 11.1 Å². The third kappa shape index (κ3) is 3.99. The van der Waals surface area contributed by atoms with Gasteiger partial charge >= 0.3 is 6.09 Å². The summed E-state index contributed by atoms with van der Waals surface area (Å²) in [6.45, 7) is 0.603. The van der Waals surface area contributed by atoms with Gasteiger partial charge in [0, 0.05) is 13.2 Å². The molecule has 1 amide bonds. The molecular weight excluding hydrogens is 194 g/mol. The molecule has 0 aliphatic rings. The Hall–Kier alpha value is -1.55. The Labute approximate surface area is 88.9 Å². The Morgan fingerprint density at radius 3 is 2.47 bits per heavy atom. The van der Waals surface area contributed by atoms with Gasteiger partial charge in [0.05, 0.1) is 7.11 Å². The van der Waals surface area contributed by atoms with Crippen LogP contribution in [-0.4, -0.2) is 24.9 Å². The lowest BCUT2D eigenvalue weighted by Gasteiger charge is -2.04. The molecule has 1 rings (SSSR count). The van der Waals surface area contributed by atoms with E-state index in [1.807, 2.05) is 24.3 Å². The van der Waals surface area contributed by atoms with E-state index in [9.17, 15) is 4.79 Å². The van der Waals surface area contributed by atoms with Crippen molar-refractivity contribution in [3.8, 4) is 0 Å². The second kappa shape index (κ2) is 6.03. The molecule has 0 bridgehead atoms. The molecule has 0 atom stereocenters. The number of carbonyl (C=O) groups is 1. The van der Waals surface area contributed by atoms with Gasteiger partial charge in [-0.3, -0.25) is 0 Å². The Morgan fingerprint density at radius 2 is 1.93 bits per heavy atom. The van der Waals surface area contributed by atoms with Gasteiger partial charge in [0.15, 0.2) is 0 Å². The maximum Gasteiger partial charge on any atom is 0.407 e. The Kier molecular flexibility index (Phi) is 4.63. The van der Waals surface area contributed by atoms with Crippen LogP contribution in [-0.2, 0) is 17.7 Å². The van der Waals surface area contributed by atoms with E-state index in [2.05, 4.69) is 10.1 Å². The zero-order valence-corrected chi connectivity index (χ0v) is 8.69. The Balaban J connectivity index is 2.45. The first kappa shape index (κ1) is 11.5. The van der Waals surface area contributed by atoms with Crippen LogP contribution in [0.15, 0.2) is 24.3 Å². The maximum absolute atomic E-state index is 10.8. The van der Waals surface area contributed by atoms with Gasteiger partial charge in [-0.05, 0) is 17.5 Å². The van der Waals surface area contributed by atoms with Gasteiger partial charge in [0.25, 0.3) is 0 Å². The predicted octanol–water partition coefficient (Wildman–Crippen LogP) is 1.08. The Morgan fingerprint density at radius 1 is 1.33 bits per heavy atom. The second-order valence-electron chi connectivity index (χ2n) is 3.14. The van der Waals surface area contributed by atoms with Crippen molar-refractivity contribution < 1.29 is 14.6 Å². The number of amides is 1. The van der Waals surface area contributed by atoms with E-state index >= 15 is 0 Å². The standard InChI is InChI=1S/C11H15NO3/c1-15-11(14)12-8-10-4-2-9(3-5-10)6-7-13/h2-5,13H,6-8H2,1H3,(H,12,14). The fourth-order valence-electron chi connectivity index (χ4n) is 1.20. The largest absolute Gasteiger partial charge is 0.453 e. The van der Waals surface area contributed by atoms with E-state index in [1.54, 1.807) is 0 Å². The SMILES string of the molecule is COC(=O)NCc1ccc(CCO)cc1. The van der Waals surface area contributed by atoms with Gasteiger partial charge in [-0.25, -0.2) is 4.79 Å². The molecule has 0 saturated heterocycles. The molecule has 0 saturated carbocycles. The first-order chi connectivity index (χ1) is 7.26. The molecule has 0 aliphatic carbocycles. The van der Waals surface area contributed by atoms with E-state index < -0.39 is 6.09 Å². The van der Waals surface area contributed by atoms with Crippen molar-refractivity contribution in [1.29, 1.82) is 0 Å². The molecule has 0 fully saturated rings. The minimum Gasteiger partial charge on any atom is -0.453 e. The highest BCUT2D eigenvalue weighted by molar-refractivity contribution is 5.66. The van der Waals surface area contributed by atoms with Crippen LogP contribution in [0.5, 0.6) is 0 Å². The number of methoxy groups -OCH3 is 1. The van der Waals surface area contributed by atoms with E-state index in [-0.39, 0.29) is 6.61 Å². The van der Waals surface area contributed by atoms with Crippen molar-refractivity contribution in [2.75, 3.05) is 13.7 Å². The maximum atomic E-state index is 10.8. The van der Waals surface area contributed by atoms with Crippen LogP contribution in [0.4, 0.5) is 4.79 Å². The first-order valence-electron chi connectivity index (χ1n) is 4.76. The van der Waals surface area contributed by atoms with E-state index in [4.69, 9.17) is 5.11 Å². The fourth-order valence-corrected chi connectivity index (χ4v) is 1.20. The molecule has 15 heavy (non-hydrogen) atoms. The number of rotatable bonds is 4. The number of carbonyl (C=O) groups excluding carboxylic acids is 1. The number of aliphatic hydroxyl groups is 1. The minimum atomic E-state index is -0.436. The molecule has 0 unspecified atom stereocenters. The predicted molar refractivity (Wildman–Crippen MR) is 56.5 cm³/mol. The molecule has 2 N–H and O–H groups in total. The number of benzene rings is 1. The van der Waals surface area contributed by atoms with Crippen molar-refractivity contribution in [1.82, 2.24) is 5.32 Å². The number of aliphatic hydroxyl groups excluding tert-OH is 1. The third-order valence-electron chi connectivity index (χ3n) is 2.05. The second-order valence-corrected chi connectivity index (χ2v) is 3.14. The van der Waals surface area contributed by atoms with Crippen LogP contribution in [0.2, 0.25) is 0 Å². The molecule has 4 nitrogen and oxygen atoms in total. The summed E-state index contributed by atoms with van der Waals surface area (Å²) in [4.78, 5) is 10.8. The van der Waals surface area contributed by atoms with Crippen LogP contribution >= 0.6 is 0 Å². The van der Waals surface area contributed by atoms with E-state index in [1.165, 1.54) is 7.11 Å². The Bertz CT molecular complexity index is 308. The average Bonchev–Trinajstić information content (AvgIpc) is 2.28. The van der Waals surface area contributed by atoms with Crippen molar-refractivity contribution >= 4 is 6.09 Å². The highest BCUT2D eigenvalue weighted by Crippen LogP contribution is 2.04. The third-order valence-corrected chi connectivity index (χ3v) is 2.05. The summed E-state index contributed by atoms with van der Waals surface area (Å²) in [5.74, 6) is 0. The quantitative estimate of drug-likeness (QED) is 0.780. The van der Waals surface area contributed by atoms with E-state index in [0.717, 1.165) is 11.1 Å². The van der Waals surface area contributed by atoms with E-state index in [0.29, 0.717) is 13.0 Å². The molecule has 1 aromatic rings. The molecule has 0 radical (unpaired) electrons. The van der Waals surface area contributed by atoms with Crippen molar-refractivity contribution in [3.05, 3.63) is 35.4 Å². The number of hydrogen-bond donors (Lipinski definition) is 2. The summed E-state index contributed by atoms with van der Waals surface area (Å²) < 4.78 is 4.45. The first-order valence-corrected chi connectivity index (χ1v) is 4.76. The van der Waals surface area contributed by atoms with Crippen LogP contribution in [0.3, 0.4) is 0 Å². The number of alkyl carbamates (subject to hydrolysis) is 1. The summed E-state index contributed by atoms with van der Waals surface area (Å²) in [6.07, 6.45) is 0.222. The molecule has 82 valence electrons. The van der Waals surface area contributed by atoms with Gasteiger partial charge in [-0.2, -0.15) is 0 Å². The molecule has 0 aromatic heterocycles.